The van der Waals surface area contributed by atoms with Crippen LogP contribution in [0.3, 0.4) is 0 Å². The summed E-state index contributed by atoms with van der Waals surface area (Å²) in [6, 6.07) is 8.19. The van der Waals surface area contributed by atoms with Crippen molar-refractivity contribution in [2.45, 2.75) is 46.0 Å². The Labute approximate surface area is 151 Å². The molecule has 2 rings (SSSR count). The molecular weight excluding hydrogens is 308 g/mol. The molecule has 0 atom stereocenters. The number of aryl methyl sites for hydroxylation is 2. The quantitative estimate of drug-likeness (QED) is 0.684. The van der Waals surface area contributed by atoms with Crippen molar-refractivity contribution < 1.29 is 10.2 Å². The minimum absolute atomic E-state index is 0.261. The van der Waals surface area contributed by atoms with Crippen LogP contribution in [-0.2, 0) is 18.3 Å². The van der Waals surface area contributed by atoms with Gasteiger partial charge in [-0.05, 0) is 60.1 Å². The second-order valence-electron chi connectivity index (χ2n) is 7.21. The van der Waals surface area contributed by atoms with Gasteiger partial charge < -0.3 is 10.2 Å². The molecule has 0 aliphatic carbocycles. The summed E-state index contributed by atoms with van der Waals surface area (Å²) in [5, 5.41) is 20.6. The maximum atomic E-state index is 10.3. The Bertz CT molecular complexity index is 746. The van der Waals surface area contributed by atoms with Gasteiger partial charge in [-0.2, -0.15) is 0 Å². The molecule has 25 heavy (non-hydrogen) atoms. The number of hydrogen-bond donors (Lipinski definition) is 2. The van der Waals surface area contributed by atoms with Gasteiger partial charge in [-0.1, -0.05) is 50.3 Å². The van der Waals surface area contributed by atoms with Crippen molar-refractivity contribution >= 4 is 0 Å². The van der Waals surface area contributed by atoms with Crippen LogP contribution in [0.4, 0.5) is 0 Å². The molecule has 2 aromatic carbocycles. The third-order valence-electron chi connectivity index (χ3n) is 4.93. The molecule has 0 radical (unpaired) electrons. The number of rotatable bonds is 6. The molecule has 132 valence electrons. The van der Waals surface area contributed by atoms with E-state index in [4.69, 9.17) is 0 Å². The second-order valence-corrected chi connectivity index (χ2v) is 7.21. The Kier molecular flexibility index (Phi) is 5.42. The van der Waals surface area contributed by atoms with E-state index < -0.39 is 0 Å². The first kappa shape index (κ1) is 18.9. The lowest BCUT2D eigenvalue weighted by Gasteiger charge is -2.29. The smallest absolute Gasteiger partial charge is 0.122 e. The lowest BCUT2D eigenvalue weighted by molar-refractivity contribution is 0.463. The third kappa shape index (κ3) is 3.63. The van der Waals surface area contributed by atoms with Crippen molar-refractivity contribution in [3.63, 3.8) is 0 Å². The summed E-state index contributed by atoms with van der Waals surface area (Å²) >= 11 is 0. The molecule has 2 N–H and O–H groups in total. The Morgan fingerprint density at radius 3 is 1.48 bits per heavy atom. The molecule has 2 aromatic rings. The van der Waals surface area contributed by atoms with Crippen LogP contribution < -0.4 is 0 Å². The zero-order chi connectivity index (χ0) is 18.8. The van der Waals surface area contributed by atoms with Gasteiger partial charge in [0.25, 0.3) is 0 Å². The molecule has 0 fully saturated rings. The van der Waals surface area contributed by atoms with Gasteiger partial charge in [-0.15, -0.1) is 13.2 Å². The summed E-state index contributed by atoms with van der Waals surface area (Å²) in [6.07, 6.45) is 4.87. The first-order chi connectivity index (χ1) is 11.7. The van der Waals surface area contributed by atoms with Crippen LogP contribution in [0.2, 0.25) is 0 Å². The van der Waals surface area contributed by atoms with E-state index in [1.54, 1.807) is 12.2 Å². The predicted octanol–water partition coefficient (Wildman–Crippen LogP) is 5.50. The lowest BCUT2D eigenvalue weighted by atomic mass is 9.75. The third-order valence-corrected chi connectivity index (χ3v) is 4.93. The van der Waals surface area contributed by atoms with Crippen LogP contribution in [0.15, 0.2) is 49.6 Å². The topological polar surface area (TPSA) is 40.5 Å². The molecule has 0 heterocycles. The Morgan fingerprint density at radius 2 is 1.16 bits per heavy atom. The first-order valence-electron chi connectivity index (χ1n) is 8.60. The Morgan fingerprint density at radius 1 is 0.800 bits per heavy atom. The molecule has 2 heteroatoms. The number of allylic oxidation sites excluding steroid dienone is 2. The number of phenols is 2. The molecule has 0 unspecified atom stereocenters. The summed E-state index contributed by atoms with van der Waals surface area (Å²) in [6.45, 7) is 15.7. The second kappa shape index (κ2) is 7.18. The van der Waals surface area contributed by atoms with Crippen LogP contribution in [-0.4, -0.2) is 10.2 Å². The van der Waals surface area contributed by atoms with Gasteiger partial charge in [0.2, 0.25) is 0 Å². The van der Waals surface area contributed by atoms with E-state index in [9.17, 15) is 10.2 Å². The van der Waals surface area contributed by atoms with E-state index in [2.05, 4.69) is 39.1 Å². The standard InChI is InChI=1S/C23H28O2/c1-7-9-17-13-19(11-15(3)21(17)24)23(5,6)20-12-16(4)22(25)18(14-20)10-8-2/h7-8,11-14,24-25H,1-2,9-10H2,3-6H3. The monoisotopic (exact) mass is 336 g/mol. The molecular formula is C23H28O2. The SMILES string of the molecule is C=CCc1cc(C(C)(C)c2cc(C)c(O)c(CC=C)c2)cc(C)c1O. The van der Waals surface area contributed by atoms with Crippen LogP contribution >= 0.6 is 0 Å². The summed E-state index contributed by atoms with van der Waals surface area (Å²) in [4.78, 5) is 0. The summed E-state index contributed by atoms with van der Waals surface area (Å²) < 4.78 is 0. The van der Waals surface area contributed by atoms with Gasteiger partial charge in [-0.25, -0.2) is 0 Å². The van der Waals surface area contributed by atoms with Crippen molar-refractivity contribution in [2.24, 2.45) is 0 Å². The highest BCUT2D eigenvalue weighted by Crippen LogP contribution is 2.38. The fourth-order valence-electron chi connectivity index (χ4n) is 3.22. The van der Waals surface area contributed by atoms with Gasteiger partial charge in [0.05, 0.1) is 0 Å². The highest BCUT2D eigenvalue weighted by molar-refractivity contribution is 5.52. The molecule has 0 saturated carbocycles. The van der Waals surface area contributed by atoms with Crippen molar-refractivity contribution in [1.29, 1.82) is 0 Å². The Balaban J connectivity index is 2.62. The van der Waals surface area contributed by atoms with Gasteiger partial charge in [0.1, 0.15) is 11.5 Å². The van der Waals surface area contributed by atoms with Crippen molar-refractivity contribution in [3.05, 3.63) is 83.0 Å². The number of hydrogen-bond acceptors (Lipinski definition) is 2. The zero-order valence-corrected chi connectivity index (χ0v) is 15.7. The van der Waals surface area contributed by atoms with Crippen LogP contribution in [0.25, 0.3) is 0 Å². The molecule has 0 spiro atoms. The largest absolute Gasteiger partial charge is 0.507 e. The van der Waals surface area contributed by atoms with Gasteiger partial charge >= 0.3 is 0 Å². The molecule has 0 amide bonds. The fraction of sp³-hybridized carbons (Fsp3) is 0.304. The number of phenolic OH excluding ortho intramolecular Hbond substituents is 2. The summed E-state index contributed by atoms with van der Waals surface area (Å²) in [5.74, 6) is 0.683. The predicted molar refractivity (Wildman–Crippen MR) is 106 cm³/mol. The van der Waals surface area contributed by atoms with Gasteiger partial charge in [0, 0.05) is 5.41 Å². The minimum atomic E-state index is -0.261. The van der Waals surface area contributed by atoms with E-state index in [1.165, 1.54) is 0 Å². The molecule has 2 nitrogen and oxygen atoms in total. The minimum Gasteiger partial charge on any atom is -0.507 e. The lowest BCUT2D eigenvalue weighted by Crippen LogP contribution is -2.20. The molecule has 0 aromatic heterocycles. The number of benzene rings is 2. The Hall–Kier alpha value is -2.48. The van der Waals surface area contributed by atoms with E-state index in [1.807, 2.05) is 26.0 Å². The average molecular weight is 336 g/mol. The highest BCUT2D eigenvalue weighted by atomic mass is 16.3. The fourth-order valence-corrected chi connectivity index (χ4v) is 3.22. The highest BCUT2D eigenvalue weighted by Gasteiger charge is 2.26. The van der Waals surface area contributed by atoms with Crippen molar-refractivity contribution in [2.75, 3.05) is 0 Å². The number of aromatic hydroxyl groups is 2. The normalized spacial score (nSPS) is 11.4. The maximum Gasteiger partial charge on any atom is 0.122 e. The van der Waals surface area contributed by atoms with Crippen molar-refractivity contribution in [3.8, 4) is 11.5 Å². The molecule has 0 aliphatic rings. The molecule has 0 aliphatic heterocycles. The van der Waals surface area contributed by atoms with Crippen LogP contribution in [0.5, 0.6) is 11.5 Å². The summed E-state index contributed by atoms with van der Waals surface area (Å²) in [7, 11) is 0. The molecule has 0 saturated heterocycles. The van der Waals surface area contributed by atoms with Crippen molar-refractivity contribution in [1.82, 2.24) is 0 Å². The van der Waals surface area contributed by atoms with Crippen LogP contribution in [0.1, 0.15) is 47.2 Å². The van der Waals surface area contributed by atoms with Crippen LogP contribution in [0, 0.1) is 13.8 Å². The van der Waals surface area contributed by atoms with Gasteiger partial charge in [-0.3, -0.25) is 0 Å². The maximum absolute atomic E-state index is 10.3. The summed E-state index contributed by atoms with van der Waals surface area (Å²) in [5.41, 5.74) is 5.51. The van der Waals surface area contributed by atoms with E-state index in [-0.39, 0.29) is 5.41 Å². The van der Waals surface area contributed by atoms with E-state index >= 15 is 0 Å². The van der Waals surface area contributed by atoms with E-state index in [0.29, 0.717) is 24.3 Å². The average Bonchev–Trinajstić information content (AvgIpc) is 2.55. The van der Waals surface area contributed by atoms with E-state index in [0.717, 1.165) is 33.4 Å². The van der Waals surface area contributed by atoms with Gasteiger partial charge in [0.15, 0.2) is 0 Å². The molecule has 0 bridgehead atoms. The first-order valence-corrected chi connectivity index (χ1v) is 8.60. The zero-order valence-electron chi connectivity index (χ0n) is 15.7.